The van der Waals surface area contributed by atoms with Gasteiger partial charge in [0.1, 0.15) is 12.4 Å². The van der Waals surface area contributed by atoms with Crippen LogP contribution in [-0.4, -0.2) is 41.2 Å². The Labute approximate surface area is 171 Å². The van der Waals surface area contributed by atoms with Gasteiger partial charge in [0.05, 0.1) is 17.2 Å². The van der Waals surface area contributed by atoms with E-state index in [2.05, 4.69) is 4.72 Å². The Kier molecular flexibility index (Phi) is 6.44. The van der Waals surface area contributed by atoms with Crippen LogP contribution in [0, 0.1) is 6.92 Å². The van der Waals surface area contributed by atoms with Gasteiger partial charge in [-0.15, -0.1) is 0 Å². The lowest BCUT2D eigenvalue weighted by molar-refractivity contribution is -0.122. The highest BCUT2D eigenvalue weighted by Crippen LogP contribution is 2.31. The number of amides is 1. The molecule has 2 aromatic carbocycles. The van der Waals surface area contributed by atoms with Gasteiger partial charge >= 0.3 is 0 Å². The number of benzene rings is 2. The molecule has 0 aromatic heterocycles. The standard InChI is InChI=1S/C21H26N2O5S/c1-4-28-20-10-9-18(12-15(20)2)29(25,26)22-17-8-7-16-6-5-11-23(19(16)13-17)21(24)14-27-3/h7-10,12-13,22H,4-6,11,14H2,1-3H3. The minimum absolute atomic E-state index is 0.0130. The summed E-state index contributed by atoms with van der Waals surface area (Å²) in [4.78, 5) is 14.2. The minimum Gasteiger partial charge on any atom is -0.494 e. The summed E-state index contributed by atoms with van der Waals surface area (Å²) >= 11 is 0. The monoisotopic (exact) mass is 418 g/mol. The van der Waals surface area contributed by atoms with Gasteiger partial charge in [-0.05, 0) is 68.1 Å². The van der Waals surface area contributed by atoms with E-state index in [4.69, 9.17) is 9.47 Å². The summed E-state index contributed by atoms with van der Waals surface area (Å²) < 4.78 is 38.8. The number of ether oxygens (including phenoxy) is 2. The third-order valence-corrected chi connectivity index (χ3v) is 6.16. The largest absolute Gasteiger partial charge is 0.494 e. The number of carbonyl (C=O) groups is 1. The Morgan fingerprint density at radius 2 is 2.00 bits per heavy atom. The molecule has 8 heteroatoms. The molecule has 0 aliphatic carbocycles. The molecular weight excluding hydrogens is 392 g/mol. The summed E-state index contributed by atoms with van der Waals surface area (Å²) in [5, 5.41) is 0. The number of fused-ring (bicyclic) bond motifs is 1. The molecule has 3 rings (SSSR count). The summed E-state index contributed by atoms with van der Waals surface area (Å²) in [5.41, 5.74) is 2.89. The van der Waals surface area contributed by atoms with Crippen LogP contribution in [0.25, 0.3) is 0 Å². The number of rotatable bonds is 7. The zero-order chi connectivity index (χ0) is 21.0. The average Bonchev–Trinajstić information content (AvgIpc) is 2.69. The molecule has 2 aromatic rings. The third kappa shape index (κ3) is 4.71. The quantitative estimate of drug-likeness (QED) is 0.747. The highest BCUT2D eigenvalue weighted by Gasteiger charge is 2.24. The molecular formula is C21H26N2O5S. The predicted octanol–water partition coefficient (Wildman–Crippen LogP) is 3.12. The Balaban J connectivity index is 1.87. The number of anilines is 2. The van der Waals surface area contributed by atoms with Crippen LogP contribution in [0.5, 0.6) is 5.75 Å². The summed E-state index contributed by atoms with van der Waals surface area (Å²) in [6.07, 6.45) is 1.70. The average molecular weight is 419 g/mol. The van der Waals surface area contributed by atoms with Crippen LogP contribution < -0.4 is 14.4 Å². The summed E-state index contributed by atoms with van der Waals surface area (Å²) in [5.74, 6) is 0.517. The lowest BCUT2D eigenvalue weighted by Crippen LogP contribution is -2.37. The van der Waals surface area contributed by atoms with Crippen LogP contribution in [0.3, 0.4) is 0 Å². The lowest BCUT2D eigenvalue weighted by Gasteiger charge is -2.30. The minimum atomic E-state index is -3.78. The van der Waals surface area contributed by atoms with E-state index in [1.807, 2.05) is 19.9 Å². The van der Waals surface area contributed by atoms with E-state index < -0.39 is 10.0 Å². The van der Waals surface area contributed by atoms with Crippen molar-refractivity contribution >= 4 is 27.3 Å². The Morgan fingerprint density at radius 3 is 2.69 bits per heavy atom. The molecule has 156 valence electrons. The fraction of sp³-hybridized carbons (Fsp3) is 0.381. The van der Waals surface area contributed by atoms with Crippen molar-refractivity contribution in [3.05, 3.63) is 47.5 Å². The molecule has 0 unspecified atom stereocenters. The van der Waals surface area contributed by atoms with Gasteiger partial charge in [-0.1, -0.05) is 6.07 Å². The van der Waals surface area contributed by atoms with Gasteiger partial charge in [-0.2, -0.15) is 0 Å². The first-order chi connectivity index (χ1) is 13.9. The van der Waals surface area contributed by atoms with E-state index in [9.17, 15) is 13.2 Å². The molecule has 1 heterocycles. The maximum atomic E-state index is 12.9. The molecule has 0 saturated carbocycles. The first-order valence-corrected chi connectivity index (χ1v) is 11.0. The second-order valence-electron chi connectivity index (χ2n) is 6.89. The van der Waals surface area contributed by atoms with Gasteiger partial charge in [-0.3, -0.25) is 9.52 Å². The van der Waals surface area contributed by atoms with E-state index in [1.165, 1.54) is 13.2 Å². The highest BCUT2D eigenvalue weighted by atomic mass is 32.2. The van der Waals surface area contributed by atoms with Crippen molar-refractivity contribution in [2.24, 2.45) is 0 Å². The maximum absolute atomic E-state index is 12.9. The molecule has 29 heavy (non-hydrogen) atoms. The molecule has 1 aliphatic heterocycles. The maximum Gasteiger partial charge on any atom is 0.261 e. The van der Waals surface area contributed by atoms with Crippen molar-refractivity contribution in [2.45, 2.75) is 31.6 Å². The molecule has 1 N–H and O–H groups in total. The van der Waals surface area contributed by atoms with Crippen LogP contribution >= 0.6 is 0 Å². The summed E-state index contributed by atoms with van der Waals surface area (Å²) in [6.45, 7) is 4.77. The van der Waals surface area contributed by atoms with Crippen molar-refractivity contribution in [1.82, 2.24) is 0 Å². The number of nitrogens with one attached hydrogen (secondary N) is 1. The molecule has 1 amide bonds. The van der Waals surface area contributed by atoms with Crippen LogP contribution in [0.2, 0.25) is 0 Å². The Hall–Kier alpha value is -2.58. The van der Waals surface area contributed by atoms with Crippen molar-refractivity contribution in [3.8, 4) is 5.75 Å². The number of methoxy groups -OCH3 is 1. The topological polar surface area (TPSA) is 84.9 Å². The number of sulfonamides is 1. The van der Waals surface area contributed by atoms with Gasteiger partial charge in [-0.25, -0.2) is 8.42 Å². The summed E-state index contributed by atoms with van der Waals surface area (Å²) in [7, 11) is -2.30. The molecule has 0 saturated heterocycles. The van der Waals surface area contributed by atoms with Crippen molar-refractivity contribution in [3.63, 3.8) is 0 Å². The second-order valence-corrected chi connectivity index (χ2v) is 8.57. The van der Waals surface area contributed by atoms with Crippen LogP contribution in [0.4, 0.5) is 11.4 Å². The highest BCUT2D eigenvalue weighted by molar-refractivity contribution is 7.92. The van der Waals surface area contributed by atoms with Crippen LogP contribution in [-0.2, 0) is 26.0 Å². The Bertz CT molecular complexity index is 1000. The molecule has 0 atom stereocenters. The first kappa shape index (κ1) is 21.1. The SMILES string of the molecule is CCOc1ccc(S(=O)(=O)Nc2ccc3c(c2)N(C(=O)COC)CCC3)cc1C. The van der Waals surface area contributed by atoms with Crippen LogP contribution in [0.1, 0.15) is 24.5 Å². The smallest absolute Gasteiger partial charge is 0.261 e. The normalized spacial score (nSPS) is 13.7. The van der Waals surface area contributed by atoms with Crippen molar-refractivity contribution < 1.29 is 22.7 Å². The van der Waals surface area contributed by atoms with E-state index >= 15 is 0 Å². The predicted molar refractivity (Wildman–Crippen MR) is 112 cm³/mol. The molecule has 7 nitrogen and oxygen atoms in total. The van der Waals surface area contributed by atoms with Crippen molar-refractivity contribution in [2.75, 3.05) is 36.5 Å². The zero-order valence-corrected chi connectivity index (χ0v) is 17.7. The van der Waals surface area contributed by atoms with Gasteiger partial charge in [0.15, 0.2) is 0 Å². The first-order valence-electron chi connectivity index (χ1n) is 9.54. The van der Waals surface area contributed by atoms with Crippen LogP contribution in [0.15, 0.2) is 41.3 Å². The van der Waals surface area contributed by atoms with Gasteiger partial charge in [0, 0.05) is 19.3 Å². The fourth-order valence-electron chi connectivity index (χ4n) is 3.42. The number of aryl methyl sites for hydroxylation is 2. The molecule has 0 bridgehead atoms. The summed E-state index contributed by atoms with van der Waals surface area (Å²) in [6, 6.07) is 10.1. The van der Waals surface area contributed by atoms with Gasteiger partial charge in [0.2, 0.25) is 0 Å². The number of carbonyl (C=O) groups excluding carboxylic acids is 1. The zero-order valence-electron chi connectivity index (χ0n) is 16.9. The van der Waals surface area contributed by atoms with E-state index in [-0.39, 0.29) is 17.4 Å². The number of hydrogen-bond acceptors (Lipinski definition) is 5. The van der Waals surface area contributed by atoms with Gasteiger partial charge in [0.25, 0.3) is 15.9 Å². The fourth-order valence-corrected chi connectivity index (χ4v) is 4.55. The molecule has 1 aliphatic rings. The van der Waals surface area contributed by atoms with E-state index in [0.717, 1.165) is 29.7 Å². The third-order valence-electron chi connectivity index (χ3n) is 4.78. The molecule has 0 fully saturated rings. The van der Waals surface area contributed by atoms with E-state index in [0.29, 0.717) is 24.6 Å². The van der Waals surface area contributed by atoms with E-state index in [1.54, 1.807) is 29.2 Å². The van der Waals surface area contributed by atoms with Gasteiger partial charge < -0.3 is 14.4 Å². The second kappa shape index (κ2) is 8.84. The number of hydrogen-bond donors (Lipinski definition) is 1. The van der Waals surface area contributed by atoms with Crippen molar-refractivity contribution in [1.29, 1.82) is 0 Å². The number of nitrogens with zero attached hydrogens (tertiary/aromatic N) is 1. The lowest BCUT2D eigenvalue weighted by atomic mass is 10.0. The Morgan fingerprint density at radius 1 is 1.21 bits per heavy atom. The molecule has 0 spiro atoms. The molecule has 0 radical (unpaired) electrons.